The molecular weight excluding hydrogens is 270 g/mol. The van der Waals surface area contributed by atoms with Crippen LogP contribution in [0.3, 0.4) is 0 Å². The van der Waals surface area contributed by atoms with Crippen LogP contribution in [0.1, 0.15) is 56.1 Å². The predicted octanol–water partition coefficient (Wildman–Crippen LogP) is 3.42. The van der Waals surface area contributed by atoms with Crippen LogP contribution in [-0.4, -0.2) is 16.9 Å². The number of thiocarbonyl (C=S) groups is 1. The van der Waals surface area contributed by atoms with Gasteiger partial charge in [-0.3, -0.25) is 5.43 Å². The first kappa shape index (κ1) is 15.0. The number of nitrogens with one attached hydrogen (secondary N) is 2. The van der Waals surface area contributed by atoms with Crippen molar-refractivity contribution in [3.63, 3.8) is 0 Å². The number of rotatable bonds is 3. The first-order chi connectivity index (χ1) is 9.56. The van der Waals surface area contributed by atoms with Gasteiger partial charge in [-0.25, -0.2) is 0 Å². The minimum absolute atomic E-state index is 0.497. The normalized spacial score (nSPS) is 17.1. The largest absolute Gasteiger partial charge is 0.466 e. The fourth-order valence-corrected chi connectivity index (χ4v) is 2.86. The topological polar surface area (TPSA) is 49.6 Å². The molecule has 1 aliphatic carbocycles. The Hall–Kier alpha value is -1.36. The van der Waals surface area contributed by atoms with Gasteiger partial charge < -0.3 is 9.73 Å². The molecule has 5 heteroatoms. The van der Waals surface area contributed by atoms with E-state index in [0.29, 0.717) is 11.2 Å². The number of furan rings is 1. The molecule has 0 saturated heterocycles. The van der Waals surface area contributed by atoms with Crippen LogP contribution in [-0.2, 0) is 0 Å². The van der Waals surface area contributed by atoms with E-state index in [9.17, 15) is 0 Å². The van der Waals surface area contributed by atoms with Gasteiger partial charge in [-0.2, -0.15) is 5.10 Å². The van der Waals surface area contributed by atoms with E-state index in [0.717, 1.165) is 22.8 Å². The van der Waals surface area contributed by atoms with E-state index in [2.05, 4.69) is 15.8 Å². The van der Waals surface area contributed by atoms with Gasteiger partial charge in [-0.15, -0.1) is 0 Å². The first-order valence-corrected chi connectivity index (χ1v) is 7.65. The first-order valence-electron chi connectivity index (χ1n) is 7.24. The Morgan fingerprint density at radius 3 is 2.60 bits per heavy atom. The highest BCUT2D eigenvalue weighted by Crippen LogP contribution is 2.17. The van der Waals surface area contributed by atoms with Crippen LogP contribution in [0, 0.1) is 13.8 Å². The summed E-state index contributed by atoms with van der Waals surface area (Å²) < 4.78 is 5.51. The molecule has 1 saturated carbocycles. The third-order valence-electron chi connectivity index (χ3n) is 3.70. The molecular formula is C15H23N3OS. The Kier molecular flexibility index (Phi) is 5.17. The number of nitrogens with zero attached hydrogens (tertiary/aromatic N) is 1. The van der Waals surface area contributed by atoms with Crippen molar-refractivity contribution < 1.29 is 4.42 Å². The fraction of sp³-hybridized carbons (Fsp3) is 0.600. The molecule has 0 bridgehead atoms. The van der Waals surface area contributed by atoms with E-state index in [4.69, 9.17) is 16.6 Å². The monoisotopic (exact) mass is 293 g/mol. The van der Waals surface area contributed by atoms with Crippen molar-refractivity contribution in [3.8, 4) is 0 Å². The van der Waals surface area contributed by atoms with E-state index in [-0.39, 0.29) is 0 Å². The number of hydrazone groups is 1. The lowest BCUT2D eigenvalue weighted by molar-refractivity contribution is 0.412. The van der Waals surface area contributed by atoms with Crippen molar-refractivity contribution in [1.82, 2.24) is 10.7 Å². The molecule has 0 spiro atoms. The molecule has 0 unspecified atom stereocenters. The fourth-order valence-electron chi connectivity index (χ4n) is 2.65. The summed E-state index contributed by atoms with van der Waals surface area (Å²) in [6.45, 7) is 5.83. The Morgan fingerprint density at radius 2 is 2.00 bits per heavy atom. The molecule has 1 fully saturated rings. The average Bonchev–Trinajstić information content (AvgIpc) is 2.76. The lowest BCUT2D eigenvalue weighted by atomic mass is 9.96. The van der Waals surface area contributed by atoms with Gasteiger partial charge in [0.1, 0.15) is 11.5 Å². The summed E-state index contributed by atoms with van der Waals surface area (Å²) in [4.78, 5) is 0. The molecule has 2 rings (SSSR count). The third kappa shape index (κ3) is 4.07. The molecule has 1 heterocycles. The highest BCUT2D eigenvalue weighted by atomic mass is 32.1. The van der Waals surface area contributed by atoms with E-state index in [1.54, 1.807) is 0 Å². The van der Waals surface area contributed by atoms with E-state index in [1.807, 2.05) is 26.8 Å². The summed E-state index contributed by atoms with van der Waals surface area (Å²) in [5.41, 5.74) is 4.84. The Balaban J connectivity index is 1.87. The Bertz CT molecular complexity index is 501. The molecule has 0 amide bonds. The highest BCUT2D eigenvalue weighted by Gasteiger charge is 2.14. The van der Waals surface area contributed by atoms with Gasteiger partial charge in [0.25, 0.3) is 0 Å². The van der Waals surface area contributed by atoms with Crippen LogP contribution in [0.2, 0.25) is 0 Å². The number of aryl methyl sites for hydroxylation is 2. The summed E-state index contributed by atoms with van der Waals surface area (Å²) in [7, 11) is 0. The molecule has 1 aromatic rings. The molecule has 20 heavy (non-hydrogen) atoms. The maximum atomic E-state index is 5.51. The molecule has 4 nitrogen and oxygen atoms in total. The summed E-state index contributed by atoms with van der Waals surface area (Å²) in [5.74, 6) is 1.78. The second kappa shape index (κ2) is 6.88. The zero-order valence-electron chi connectivity index (χ0n) is 12.5. The van der Waals surface area contributed by atoms with Crippen molar-refractivity contribution in [1.29, 1.82) is 0 Å². The van der Waals surface area contributed by atoms with Gasteiger partial charge in [-0.1, -0.05) is 19.3 Å². The second-order valence-electron chi connectivity index (χ2n) is 5.44. The molecule has 0 radical (unpaired) electrons. The zero-order chi connectivity index (χ0) is 14.5. The molecule has 1 aliphatic rings. The lowest BCUT2D eigenvalue weighted by Gasteiger charge is -2.23. The quantitative estimate of drug-likeness (QED) is 0.509. The molecule has 0 aliphatic heterocycles. The van der Waals surface area contributed by atoms with Crippen molar-refractivity contribution >= 4 is 23.0 Å². The van der Waals surface area contributed by atoms with E-state index < -0.39 is 0 Å². The molecule has 2 N–H and O–H groups in total. The van der Waals surface area contributed by atoms with Crippen LogP contribution in [0.5, 0.6) is 0 Å². The van der Waals surface area contributed by atoms with Crippen molar-refractivity contribution in [2.45, 2.75) is 58.9 Å². The predicted molar refractivity (Wildman–Crippen MR) is 86.1 cm³/mol. The van der Waals surface area contributed by atoms with E-state index >= 15 is 0 Å². The molecule has 1 aromatic heterocycles. The standard InChI is InChI=1S/C15H23N3OS/c1-10-9-14(12(3)19-10)11(2)17-18-15(20)16-13-7-5-4-6-8-13/h9,13H,4-8H2,1-3H3,(H2,16,18,20)/b17-11-. The third-order valence-corrected chi connectivity index (χ3v) is 3.91. The summed E-state index contributed by atoms with van der Waals surface area (Å²) in [6, 6.07) is 2.49. The molecule has 110 valence electrons. The van der Waals surface area contributed by atoms with Gasteiger partial charge >= 0.3 is 0 Å². The maximum Gasteiger partial charge on any atom is 0.187 e. The molecule has 0 atom stereocenters. The maximum absolute atomic E-state index is 5.51. The summed E-state index contributed by atoms with van der Waals surface area (Å²) in [6.07, 6.45) is 6.32. The summed E-state index contributed by atoms with van der Waals surface area (Å²) in [5, 5.41) is 8.28. The minimum atomic E-state index is 0.497. The van der Waals surface area contributed by atoms with Crippen molar-refractivity contribution in [2.24, 2.45) is 5.10 Å². The van der Waals surface area contributed by atoms with Crippen LogP contribution < -0.4 is 10.7 Å². The number of hydrogen-bond acceptors (Lipinski definition) is 3. The van der Waals surface area contributed by atoms with Gasteiger partial charge in [0.05, 0.1) is 5.71 Å². The minimum Gasteiger partial charge on any atom is -0.466 e. The Morgan fingerprint density at radius 1 is 1.30 bits per heavy atom. The second-order valence-corrected chi connectivity index (χ2v) is 5.85. The smallest absolute Gasteiger partial charge is 0.187 e. The number of hydrogen-bond donors (Lipinski definition) is 2. The van der Waals surface area contributed by atoms with Crippen LogP contribution in [0.15, 0.2) is 15.6 Å². The molecule has 0 aromatic carbocycles. The van der Waals surface area contributed by atoms with Gasteiger partial charge in [0.15, 0.2) is 5.11 Å². The lowest BCUT2D eigenvalue weighted by Crippen LogP contribution is -2.41. The van der Waals surface area contributed by atoms with Gasteiger partial charge in [-0.05, 0) is 51.9 Å². The van der Waals surface area contributed by atoms with Crippen LogP contribution >= 0.6 is 12.2 Å². The zero-order valence-corrected chi connectivity index (χ0v) is 13.3. The SMILES string of the molecule is C/C(=N/NC(=S)NC1CCCCC1)c1cc(C)oc1C. The highest BCUT2D eigenvalue weighted by molar-refractivity contribution is 7.80. The van der Waals surface area contributed by atoms with Gasteiger partial charge in [0, 0.05) is 11.6 Å². The average molecular weight is 293 g/mol. The van der Waals surface area contributed by atoms with Crippen molar-refractivity contribution in [2.75, 3.05) is 0 Å². The Labute approximate surface area is 126 Å². The van der Waals surface area contributed by atoms with Crippen molar-refractivity contribution in [3.05, 3.63) is 23.2 Å². The van der Waals surface area contributed by atoms with Gasteiger partial charge in [0.2, 0.25) is 0 Å². The van der Waals surface area contributed by atoms with E-state index in [1.165, 1.54) is 32.1 Å². The summed E-state index contributed by atoms with van der Waals surface area (Å²) >= 11 is 5.29. The van der Waals surface area contributed by atoms with Crippen LogP contribution in [0.25, 0.3) is 0 Å². The van der Waals surface area contributed by atoms with Crippen LogP contribution in [0.4, 0.5) is 0 Å².